The minimum atomic E-state index is -0.889. The van der Waals surface area contributed by atoms with Crippen molar-refractivity contribution < 1.29 is 9.59 Å². The van der Waals surface area contributed by atoms with Crippen LogP contribution in [0.4, 0.5) is 0 Å². The number of hydrogen-bond acceptors (Lipinski definition) is 2. The van der Waals surface area contributed by atoms with Crippen LogP contribution >= 0.6 is 0 Å². The molecule has 1 aliphatic rings. The average molecular weight is 336 g/mol. The summed E-state index contributed by atoms with van der Waals surface area (Å²) < 4.78 is 0. The molecule has 0 unspecified atom stereocenters. The van der Waals surface area contributed by atoms with E-state index in [4.69, 9.17) is 5.73 Å². The van der Waals surface area contributed by atoms with E-state index >= 15 is 0 Å². The molecule has 1 saturated carbocycles. The quantitative estimate of drug-likeness (QED) is 0.816. The number of carbonyl (C=O) groups is 2. The summed E-state index contributed by atoms with van der Waals surface area (Å²) in [5, 5.41) is 2.91. The fraction of sp³-hybridized carbons (Fsp3) is 0.333. The van der Waals surface area contributed by atoms with Crippen molar-refractivity contribution in [1.82, 2.24) is 5.32 Å². The van der Waals surface area contributed by atoms with Gasteiger partial charge in [0.05, 0.1) is 5.41 Å². The topological polar surface area (TPSA) is 72.2 Å². The van der Waals surface area contributed by atoms with Gasteiger partial charge in [0, 0.05) is 0 Å². The molecule has 130 valence electrons. The van der Waals surface area contributed by atoms with E-state index in [1.807, 2.05) is 67.6 Å². The van der Waals surface area contributed by atoms with E-state index in [1.54, 1.807) is 0 Å². The number of carbonyl (C=O) groups excluding carboxylic acids is 2. The number of rotatable bonds is 7. The maximum absolute atomic E-state index is 13.3. The van der Waals surface area contributed by atoms with Crippen molar-refractivity contribution in [3.8, 4) is 0 Å². The Labute approximate surface area is 148 Å². The number of amides is 2. The van der Waals surface area contributed by atoms with Crippen LogP contribution in [-0.4, -0.2) is 17.9 Å². The highest BCUT2D eigenvalue weighted by Gasteiger charge is 2.39. The van der Waals surface area contributed by atoms with Crippen molar-refractivity contribution in [2.75, 3.05) is 0 Å². The SMILES string of the molecule is CC(C(=O)N[C@@H](CC1CC1)C(N)=O)(c1ccccc1)c1ccccc1. The summed E-state index contributed by atoms with van der Waals surface area (Å²) in [6.45, 7) is 1.89. The van der Waals surface area contributed by atoms with Crippen LogP contribution in [0.5, 0.6) is 0 Å². The van der Waals surface area contributed by atoms with Gasteiger partial charge in [-0.3, -0.25) is 9.59 Å². The van der Waals surface area contributed by atoms with Crippen molar-refractivity contribution in [3.05, 3.63) is 71.8 Å². The van der Waals surface area contributed by atoms with Gasteiger partial charge in [-0.25, -0.2) is 0 Å². The first-order valence-corrected chi connectivity index (χ1v) is 8.73. The van der Waals surface area contributed by atoms with Crippen LogP contribution in [0.2, 0.25) is 0 Å². The summed E-state index contributed by atoms with van der Waals surface area (Å²) in [6.07, 6.45) is 2.84. The minimum Gasteiger partial charge on any atom is -0.368 e. The number of benzene rings is 2. The van der Waals surface area contributed by atoms with Crippen LogP contribution in [0.1, 0.15) is 37.3 Å². The number of nitrogens with one attached hydrogen (secondary N) is 1. The van der Waals surface area contributed by atoms with Gasteiger partial charge in [-0.15, -0.1) is 0 Å². The third-order valence-corrected chi connectivity index (χ3v) is 5.07. The molecule has 2 aromatic carbocycles. The Bertz CT molecular complexity index is 700. The normalized spacial score (nSPS) is 15.4. The molecule has 1 atom stereocenters. The van der Waals surface area contributed by atoms with Crippen molar-refractivity contribution in [2.24, 2.45) is 11.7 Å². The molecule has 0 saturated heterocycles. The second kappa shape index (κ2) is 7.09. The van der Waals surface area contributed by atoms with Gasteiger partial charge in [-0.2, -0.15) is 0 Å². The van der Waals surface area contributed by atoms with Gasteiger partial charge in [-0.05, 0) is 30.4 Å². The van der Waals surface area contributed by atoms with Gasteiger partial charge < -0.3 is 11.1 Å². The van der Waals surface area contributed by atoms with E-state index < -0.39 is 17.4 Å². The van der Waals surface area contributed by atoms with Crippen LogP contribution in [-0.2, 0) is 15.0 Å². The molecule has 1 fully saturated rings. The molecule has 3 rings (SSSR count). The standard InChI is InChI=1S/C21H24N2O2/c1-21(16-8-4-2-5-9-16,17-10-6-3-7-11-17)20(25)23-18(19(22)24)14-15-12-13-15/h2-11,15,18H,12-14H2,1H3,(H2,22,24)(H,23,25)/t18-/m0/s1. The van der Waals surface area contributed by atoms with Gasteiger partial charge in [0.15, 0.2) is 0 Å². The predicted molar refractivity (Wildman–Crippen MR) is 97.8 cm³/mol. The van der Waals surface area contributed by atoms with Crippen LogP contribution < -0.4 is 11.1 Å². The average Bonchev–Trinajstić information content (AvgIpc) is 3.46. The van der Waals surface area contributed by atoms with Gasteiger partial charge in [0.2, 0.25) is 11.8 Å². The van der Waals surface area contributed by atoms with Gasteiger partial charge in [0.25, 0.3) is 0 Å². The first-order valence-electron chi connectivity index (χ1n) is 8.73. The molecule has 0 heterocycles. The molecule has 0 aromatic heterocycles. The van der Waals surface area contributed by atoms with Crippen molar-refractivity contribution in [2.45, 2.75) is 37.6 Å². The van der Waals surface area contributed by atoms with Gasteiger partial charge >= 0.3 is 0 Å². The molecule has 4 heteroatoms. The Morgan fingerprint density at radius 2 is 1.52 bits per heavy atom. The van der Waals surface area contributed by atoms with Gasteiger partial charge in [-0.1, -0.05) is 73.5 Å². The Morgan fingerprint density at radius 1 is 1.04 bits per heavy atom. The third kappa shape index (κ3) is 3.73. The van der Waals surface area contributed by atoms with E-state index in [1.165, 1.54) is 0 Å². The molecule has 3 N–H and O–H groups in total. The molecule has 25 heavy (non-hydrogen) atoms. The first-order chi connectivity index (χ1) is 12.0. The largest absolute Gasteiger partial charge is 0.368 e. The second-order valence-electron chi connectivity index (χ2n) is 6.96. The maximum atomic E-state index is 13.3. The van der Waals surface area contributed by atoms with E-state index in [2.05, 4.69) is 5.32 Å². The zero-order valence-electron chi connectivity index (χ0n) is 14.4. The highest BCUT2D eigenvalue weighted by molar-refractivity contribution is 5.95. The first kappa shape index (κ1) is 17.2. The smallest absolute Gasteiger partial charge is 0.240 e. The number of nitrogens with two attached hydrogens (primary N) is 1. The monoisotopic (exact) mass is 336 g/mol. The lowest BCUT2D eigenvalue weighted by Gasteiger charge is -2.31. The lowest BCUT2D eigenvalue weighted by molar-refractivity contribution is -0.130. The van der Waals surface area contributed by atoms with E-state index in [-0.39, 0.29) is 5.91 Å². The van der Waals surface area contributed by atoms with Crippen molar-refractivity contribution in [3.63, 3.8) is 0 Å². The predicted octanol–water partition coefficient (Wildman–Crippen LogP) is 2.76. The van der Waals surface area contributed by atoms with Crippen LogP contribution in [0.25, 0.3) is 0 Å². The summed E-state index contributed by atoms with van der Waals surface area (Å²) in [6, 6.07) is 18.6. The summed E-state index contributed by atoms with van der Waals surface area (Å²) in [4.78, 5) is 25.1. The Morgan fingerprint density at radius 3 is 1.92 bits per heavy atom. The summed E-state index contributed by atoms with van der Waals surface area (Å²) in [7, 11) is 0. The minimum absolute atomic E-state index is 0.200. The molecule has 1 aliphatic carbocycles. The molecule has 0 radical (unpaired) electrons. The number of hydrogen-bond donors (Lipinski definition) is 2. The fourth-order valence-corrected chi connectivity index (χ4v) is 3.21. The van der Waals surface area contributed by atoms with Crippen molar-refractivity contribution >= 4 is 11.8 Å². The van der Waals surface area contributed by atoms with E-state index in [0.717, 1.165) is 24.0 Å². The highest BCUT2D eigenvalue weighted by Crippen LogP contribution is 2.35. The Kier molecular flexibility index (Phi) is 4.88. The molecule has 2 amide bonds. The molecular formula is C21H24N2O2. The van der Waals surface area contributed by atoms with Crippen molar-refractivity contribution in [1.29, 1.82) is 0 Å². The molecule has 0 spiro atoms. The molecule has 4 nitrogen and oxygen atoms in total. The van der Waals surface area contributed by atoms with Gasteiger partial charge in [0.1, 0.15) is 6.04 Å². The fourth-order valence-electron chi connectivity index (χ4n) is 3.21. The molecule has 0 aliphatic heterocycles. The summed E-state index contributed by atoms with van der Waals surface area (Å²) >= 11 is 0. The maximum Gasteiger partial charge on any atom is 0.240 e. The van der Waals surface area contributed by atoms with Crippen LogP contribution in [0, 0.1) is 5.92 Å². The van der Waals surface area contributed by atoms with E-state index in [9.17, 15) is 9.59 Å². The van der Waals surface area contributed by atoms with E-state index in [0.29, 0.717) is 12.3 Å². The molecule has 2 aromatic rings. The lowest BCUT2D eigenvalue weighted by atomic mass is 9.75. The second-order valence-corrected chi connectivity index (χ2v) is 6.96. The Balaban J connectivity index is 1.93. The number of primary amides is 1. The third-order valence-electron chi connectivity index (χ3n) is 5.07. The summed E-state index contributed by atoms with van der Waals surface area (Å²) in [5.41, 5.74) is 6.40. The zero-order chi connectivity index (χ0) is 17.9. The van der Waals surface area contributed by atoms with Crippen LogP contribution in [0.3, 0.4) is 0 Å². The molecule has 0 bridgehead atoms. The zero-order valence-corrected chi connectivity index (χ0v) is 14.4. The summed E-state index contributed by atoms with van der Waals surface area (Å²) in [5.74, 6) is -0.171. The lowest BCUT2D eigenvalue weighted by Crippen LogP contribution is -2.51. The highest BCUT2D eigenvalue weighted by atomic mass is 16.2. The molecular weight excluding hydrogens is 312 g/mol. The van der Waals surface area contributed by atoms with Crippen LogP contribution in [0.15, 0.2) is 60.7 Å². The Hall–Kier alpha value is -2.62.